The minimum absolute atomic E-state index is 0.110. The van der Waals surface area contributed by atoms with Crippen LogP contribution in [0.25, 0.3) is 0 Å². The highest BCUT2D eigenvalue weighted by molar-refractivity contribution is 7.99. The Labute approximate surface area is 165 Å². The minimum atomic E-state index is -0.110. The van der Waals surface area contributed by atoms with Gasteiger partial charge in [-0.25, -0.2) is 0 Å². The Balaban J connectivity index is 1.51. The number of para-hydroxylation sites is 1. The Hall–Kier alpha value is -3.40. The van der Waals surface area contributed by atoms with Gasteiger partial charge in [0.1, 0.15) is 17.9 Å². The molecule has 1 aromatic carbocycles. The number of nitrogen functional groups attached to an aromatic ring is 1. The van der Waals surface area contributed by atoms with Crippen LogP contribution in [0.1, 0.15) is 23.8 Å². The lowest BCUT2D eigenvalue weighted by Crippen LogP contribution is -2.09. The third kappa shape index (κ3) is 4.29. The van der Waals surface area contributed by atoms with Crippen LogP contribution in [-0.2, 0) is 6.54 Å². The maximum atomic E-state index is 5.89. The fraction of sp³-hybridized carbons (Fsp3) is 0.167. The highest BCUT2D eigenvalue weighted by Crippen LogP contribution is 2.32. The van der Waals surface area contributed by atoms with Crippen LogP contribution >= 0.6 is 11.8 Å². The molecule has 142 valence electrons. The van der Waals surface area contributed by atoms with E-state index in [1.165, 1.54) is 11.8 Å². The minimum Gasteiger partial charge on any atom is -0.467 e. The van der Waals surface area contributed by atoms with Gasteiger partial charge in [-0.3, -0.25) is 0 Å². The van der Waals surface area contributed by atoms with Crippen LogP contribution < -0.4 is 11.1 Å². The summed E-state index contributed by atoms with van der Waals surface area (Å²) in [7, 11) is 0. The molecule has 1 atom stereocenters. The molecular formula is C18H18N8OS. The maximum Gasteiger partial charge on any atom is 0.232 e. The molecule has 0 amide bonds. The smallest absolute Gasteiger partial charge is 0.232 e. The van der Waals surface area contributed by atoms with Gasteiger partial charge in [0.15, 0.2) is 5.16 Å². The van der Waals surface area contributed by atoms with Gasteiger partial charge in [0.25, 0.3) is 0 Å². The van der Waals surface area contributed by atoms with Crippen LogP contribution in [0, 0.1) is 0 Å². The van der Waals surface area contributed by atoms with Crippen molar-refractivity contribution < 1.29 is 4.42 Å². The zero-order valence-corrected chi connectivity index (χ0v) is 15.9. The predicted molar refractivity (Wildman–Crippen MR) is 106 cm³/mol. The third-order valence-electron chi connectivity index (χ3n) is 3.83. The summed E-state index contributed by atoms with van der Waals surface area (Å²) in [4.78, 5) is 13.0. The van der Waals surface area contributed by atoms with Crippen LogP contribution in [0.3, 0.4) is 0 Å². The number of nitrogens with one attached hydrogen (secondary N) is 1. The van der Waals surface area contributed by atoms with Gasteiger partial charge in [-0.1, -0.05) is 30.0 Å². The number of hydrogen-bond acceptors (Lipinski definition) is 9. The second-order valence-corrected chi connectivity index (χ2v) is 7.26. The van der Waals surface area contributed by atoms with Crippen molar-refractivity contribution in [2.24, 2.45) is 0 Å². The van der Waals surface area contributed by atoms with E-state index in [0.29, 0.717) is 18.3 Å². The Morgan fingerprint density at radius 2 is 2.00 bits per heavy atom. The highest BCUT2D eigenvalue weighted by Gasteiger charge is 2.17. The van der Waals surface area contributed by atoms with E-state index >= 15 is 0 Å². The van der Waals surface area contributed by atoms with Gasteiger partial charge in [-0.05, 0) is 31.2 Å². The van der Waals surface area contributed by atoms with Crippen LogP contribution in [0.5, 0.6) is 0 Å². The molecule has 28 heavy (non-hydrogen) atoms. The Bertz CT molecular complexity index is 1030. The summed E-state index contributed by atoms with van der Waals surface area (Å²) in [5.41, 5.74) is 6.76. The van der Waals surface area contributed by atoms with Crippen molar-refractivity contribution in [2.75, 3.05) is 11.1 Å². The first-order valence-corrected chi connectivity index (χ1v) is 9.46. The Morgan fingerprint density at radius 1 is 1.14 bits per heavy atom. The van der Waals surface area contributed by atoms with E-state index < -0.39 is 0 Å². The number of thioether (sulfide) groups is 1. The average Bonchev–Trinajstić information content (AvgIpc) is 3.35. The van der Waals surface area contributed by atoms with E-state index in [1.54, 1.807) is 12.6 Å². The van der Waals surface area contributed by atoms with Crippen LogP contribution in [0.15, 0.2) is 64.6 Å². The van der Waals surface area contributed by atoms with Crippen molar-refractivity contribution in [1.82, 2.24) is 29.7 Å². The largest absolute Gasteiger partial charge is 0.467 e. The van der Waals surface area contributed by atoms with Gasteiger partial charge in [0.2, 0.25) is 11.9 Å². The molecule has 3 aromatic heterocycles. The van der Waals surface area contributed by atoms with Crippen molar-refractivity contribution in [3.05, 3.63) is 66.6 Å². The quantitative estimate of drug-likeness (QED) is 0.455. The molecule has 0 aliphatic heterocycles. The first-order valence-electron chi connectivity index (χ1n) is 8.58. The van der Waals surface area contributed by atoms with E-state index in [9.17, 15) is 0 Å². The molecule has 4 rings (SSSR count). The molecule has 9 nitrogen and oxygen atoms in total. The number of rotatable bonds is 7. The molecule has 0 bridgehead atoms. The molecule has 0 aliphatic carbocycles. The molecule has 3 N–H and O–H groups in total. The molecule has 4 aromatic rings. The van der Waals surface area contributed by atoms with E-state index in [0.717, 1.165) is 16.6 Å². The second-order valence-electron chi connectivity index (χ2n) is 5.95. The maximum absolute atomic E-state index is 5.89. The van der Waals surface area contributed by atoms with Gasteiger partial charge in [0.05, 0.1) is 18.1 Å². The fourth-order valence-corrected chi connectivity index (χ4v) is 3.39. The number of nitrogens with two attached hydrogens (primary N) is 1. The van der Waals surface area contributed by atoms with E-state index in [4.69, 9.17) is 10.2 Å². The monoisotopic (exact) mass is 394 g/mol. The lowest BCUT2D eigenvalue weighted by molar-refractivity contribution is 0.484. The summed E-state index contributed by atoms with van der Waals surface area (Å²) in [6, 6.07) is 13.4. The first kappa shape index (κ1) is 18.0. The molecule has 3 heterocycles. The number of benzene rings is 1. The topological polar surface area (TPSA) is 121 Å². The van der Waals surface area contributed by atoms with Crippen molar-refractivity contribution in [3.63, 3.8) is 0 Å². The van der Waals surface area contributed by atoms with Gasteiger partial charge in [0, 0.05) is 5.69 Å². The lowest BCUT2D eigenvalue weighted by Gasteiger charge is -2.12. The van der Waals surface area contributed by atoms with Crippen molar-refractivity contribution in [3.8, 4) is 0 Å². The predicted octanol–water partition coefficient (Wildman–Crippen LogP) is 3.28. The van der Waals surface area contributed by atoms with Gasteiger partial charge < -0.3 is 20.0 Å². The van der Waals surface area contributed by atoms with Gasteiger partial charge in [-0.2, -0.15) is 15.0 Å². The van der Waals surface area contributed by atoms with Crippen LogP contribution in [-0.4, -0.2) is 29.7 Å². The third-order valence-corrected chi connectivity index (χ3v) is 4.92. The zero-order valence-electron chi connectivity index (χ0n) is 15.1. The summed E-state index contributed by atoms with van der Waals surface area (Å²) in [6.07, 6.45) is 3.31. The summed E-state index contributed by atoms with van der Waals surface area (Å²) in [5, 5.41) is 12.0. The fourth-order valence-electron chi connectivity index (χ4n) is 2.52. The standard InChI is InChI=1S/C18H18N8OS/c1-12(28-18-25-20-11-26(18)10-14-8-5-9-27-14)15-22-16(19)24-17(23-15)21-13-6-3-2-4-7-13/h2-9,11-12H,10H2,1H3,(H3,19,21,22,23,24). The number of aromatic nitrogens is 6. The highest BCUT2D eigenvalue weighted by atomic mass is 32.2. The summed E-state index contributed by atoms with van der Waals surface area (Å²) in [5.74, 6) is 1.95. The summed E-state index contributed by atoms with van der Waals surface area (Å²) in [6.45, 7) is 2.53. The summed E-state index contributed by atoms with van der Waals surface area (Å²) >= 11 is 1.49. The van der Waals surface area contributed by atoms with Gasteiger partial charge in [-0.15, -0.1) is 10.2 Å². The van der Waals surface area contributed by atoms with Crippen LogP contribution in [0.2, 0.25) is 0 Å². The molecule has 0 fully saturated rings. The van der Waals surface area contributed by atoms with Gasteiger partial charge >= 0.3 is 0 Å². The van der Waals surface area contributed by atoms with E-state index in [-0.39, 0.29) is 11.2 Å². The second kappa shape index (κ2) is 8.09. The number of furan rings is 1. The molecular weight excluding hydrogens is 376 g/mol. The molecule has 0 spiro atoms. The lowest BCUT2D eigenvalue weighted by atomic mass is 10.3. The molecule has 1 unspecified atom stereocenters. The number of anilines is 3. The molecule has 0 radical (unpaired) electrons. The Kier molecular flexibility index (Phi) is 5.20. The normalized spacial score (nSPS) is 12.0. The zero-order chi connectivity index (χ0) is 19.3. The van der Waals surface area contributed by atoms with Crippen molar-refractivity contribution in [1.29, 1.82) is 0 Å². The van der Waals surface area contributed by atoms with Crippen molar-refractivity contribution in [2.45, 2.75) is 23.9 Å². The number of nitrogens with zero attached hydrogens (tertiary/aromatic N) is 6. The molecule has 0 saturated heterocycles. The molecule has 0 saturated carbocycles. The van der Waals surface area contributed by atoms with Crippen molar-refractivity contribution >= 4 is 29.3 Å². The molecule has 0 aliphatic rings. The first-order chi connectivity index (χ1) is 13.7. The van der Waals surface area contributed by atoms with Crippen LogP contribution in [0.4, 0.5) is 17.6 Å². The van der Waals surface area contributed by atoms with E-state index in [1.807, 2.05) is 54.0 Å². The Morgan fingerprint density at radius 3 is 2.79 bits per heavy atom. The SMILES string of the molecule is CC(Sc1nncn1Cc1ccco1)c1nc(N)nc(Nc2ccccc2)n1. The average molecular weight is 394 g/mol. The molecule has 10 heteroatoms. The van der Waals surface area contributed by atoms with E-state index in [2.05, 4.69) is 30.5 Å². The summed E-state index contributed by atoms with van der Waals surface area (Å²) < 4.78 is 7.31. The number of hydrogen-bond donors (Lipinski definition) is 2.